The maximum Gasteiger partial charge on any atom is 0.362 e. The van der Waals surface area contributed by atoms with Gasteiger partial charge in [0.15, 0.2) is 0 Å². The normalized spacial score (nSPS) is 11.5. The fraction of sp³-hybridized carbons (Fsp3) is 0.200. The summed E-state index contributed by atoms with van der Waals surface area (Å²) in [5.41, 5.74) is -0.693. The van der Waals surface area contributed by atoms with Crippen LogP contribution in [0.2, 0.25) is 0 Å². The van der Waals surface area contributed by atoms with Crippen LogP contribution in [0, 0.1) is 11.3 Å². The summed E-state index contributed by atoms with van der Waals surface area (Å²) in [5, 5.41) is 9.03. The standard InChI is InChI=1S/C15H11NO6/c1-2-20-15(19)12(7-16)22-14(18)10-8-21-11-6-4-3-5-9(11)13(10)17/h3-6,8,12H,2H2,1H3. The Morgan fingerprint density at radius 3 is 2.77 bits per heavy atom. The molecule has 0 aliphatic rings. The molecule has 1 aromatic carbocycles. The van der Waals surface area contributed by atoms with Crippen LogP contribution in [0.3, 0.4) is 0 Å². The molecule has 7 nitrogen and oxygen atoms in total. The molecule has 1 heterocycles. The Morgan fingerprint density at radius 1 is 1.36 bits per heavy atom. The van der Waals surface area contributed by atoms with Crippen LogP contribution in [0.25, 0.3) is 11.0 Å². The van der Waals surface area contributed by atoms with Gasteiger partial charge in [0.2, 0.25) is 5.43 Å². The number of nitriles is 1. The van der Waals surface area contributed by atoms with Gasteiger partial charge < -0.3 is 13.9 Å². The smallest absolute Gasteiger partial charge is 0.362 e. The number of carbonyl (C=O) groups is 2. The van der Waals surface area contributed by atoms with Crippen molar-refractivity contribution in [2.75, 3.05) is 6.61 Å². The monoisotopic (exact) mass is 301 g/mol. The van der Waals surface area contributed by atoms with E-state index >= 15 is 0 Å². The van der Waals surface area contributed by atoms with E-state index in [1.807, 2.05) is 0 Å². The van der Waals surface area contributed by atoms with Gasteiger partial charge in [0, 0.05) is 0 Å². The van der Waals surface area contributed by atoms with Crippen molar-refractivity contribution in [3.05, 3.63) is 46.3 Å². The Kier molecular flexibility index (Phi) is 4.53. The van der Waals surface area contributed by atoms with Crippen molar-refractivity contribution in [3.63, 3.8) is 0 Å². The predicted molar refractivity (Wildman–Crippen MR) is 73.9 cm³/mol. The topological polar surface area (TPSA) is 107 Å². The van der Waals surface area contributed by atoms with E-state index in [0.717, 1.165) is 6.26 Å². The minimum atomic E-state index is -1.74. The van der Waals surface area contributed by atoms with Crippen LogP contribution in [0.5, 0.6) is 0 Å². The Hall–Kier alpha value is -3.14. The number of para-hydroxylation sites is 1. The molecule has 1 atom stereocenters. The Morgan fingerprint density at radius 2 is 2.09 bits per heavy atom. The minimum Gasteiger partial charge on any atom is -0.463 e. The largest absolute Gasteiger partial charge is 0.463 e. The first-order valence-electron chi connectivity index (χ1n) is 6.36. The van der Waals surface area contributed by atoms with Gasteiger partial charge in [-0.3, -0.25) is 4.79 Å². The maximum absolute atomic E-state index is 12.2. The highest BCUT2D eigenvalue weighted by Gasteiger charge is 2.26. The lowest BCUT2D eigenvalue weighted by Gasteiger charge is -2.09. The average molecular weight is 301 g/mol. The molecule has 0 spiro atoms. The first-order valence-corrected chi connectivity index (χ1v) is 6.36. The first kappa shape index (κ1) is 15.3. The van der Waals surface area contributed by atoms with Gasteiger partial charge in [0.25, 0.3) is 6.10 Å². The van der Waals surface area contributed by atoms with Crippen LogP contribution in [-0.2, 0) is 14.3 Å². The van der Waals surface area contributed by atoms with E-state index in [1.165, 1.54) is 12.1 Å². The Balaban J connectivity index is 2.30. The van der Waals surface area contributed by atoms with Crippen molar-refractivity contribution in [2.24, 2.45) is 0 Å². The molecule has 0 saturated heterocycles. The lowest BCUT2D eigenvalue weighted by molar-refractivity contribution is -0.150. The van der Waals surface area contributed by atoms with Crippen LogP contribution in [0.15, 0.2) is 39.7 Å². The Labute approximate surface area is 124 Å². The zero-order chi connectivity index (χ0) is 16.1. The third kappa shape index (κ3) is 2.96. The third-order valence-corrected chi connectivity index (χ3v) is 2.74. The molecule has 0 aliphatic heterocycles. The van der Waals surface area contributed by atoms with Crippen molar-refractivity contribution >= 4 is 22.9 Å². The zero-order valence-corrected chi connectivity index (χ0v) is 11.6. The van der Waals surface area contributed by atoms with Crippen molar-refractivity contribution < 1.29 is 23.5 Å². The van der Waals surface area contributed by atoms with Gasteiger partial charge in [-0.1, -0.05) is 12.1 Å². The Bertz CT molecular complexity index is 817. The van der Waals surface area contributed by atoms with Crippen LogP contribution in [-0.4, -0.2) is 24.6 Å². The number of nitrogens with zero attached hydrogens (tertiary/aromatic N) is 1. The molecule has 2 rings (SSSR count). The minimum absolute atomic E-state index is 0.0344. The summed E-state index contributed by atoms with van der Waals surface area (Å²) in [7, 11) is 0. The van der Waals surface area contributed by atoms with Crippen LogP contribution in [0.4, 0.5) is 0 Å². The molecule has 2 aromatic rings. The number of ether oxygens (including phenoxy) is 2. The molecule has 0 saturated carbocycles. The van der Waals surface area contributed by atoms with E-state index in [4.69, 9.17) is 14.4 Å². The quantitative estimate of drug-likeness (QED) is 0.785. The molecule has 112 valence electrons. The van der Waals surface area contributed by atoms with Gasteiger partial charge in [-0.05, 0) is 19.1 Å². The summed E-state index contributed by atoms with van der Waals surface area (Å²) in [4.78, 5) is 35.5. The number of carbonyl (C=O) groups excluding carboxylic acids is 2. The zero-order valence-electron chi connectivity index (χ0n) is 11.6. The van der Waals surface area contributed by atoms with Gasteiger partial charge in [-0.15, -0.1) is 0 Å². The van der Waals surface area contributed by atoms with Gasteiger partial charge in [-0.25, -0.2) is 9.59 Å². The molecule has 1 aromatic heterocycles. The van der Waals surface area contributed by atoms with Gasteiger partial charge in [-0.2, -0.15) is 5.26 Å². The van der Waals surface area contributed by atoms with E-state index in [1.54, 1.807) is 25.1 Å². The molecular formula is C15H11NO6. The summed E-state index contributed by atoms with van der Waals surface area (Å²) in [5.74, 6) is -2.12. The molecular weight excluding hydrogens is 290 g/mol. The van der Waals surface area contributed by atoms with Crippen LogP contribution >= 0.6 is 0 Å². The fourth-order valence-corrected chi connectivity index (χ4v) is 1.73. The van der Waals surface area contributed by atoms with E-state index in [9.17, 15) is 14.4 Å². The average Bonchev–Trinajstić information content (AvgIpc) is 2.53. The summed E-state index contributed by atoms with van der Waals surface area (Å²) in [6.45, 7) is 1.58. The highest BCUT2D eigenvalue weighted by Crippen LogP contribution is 2.11. The lowest BCUT2D eigenvalue weighted by atomic mass is 10.2. The van der Waals surface area contributed by atoms with Crippen molar-refractivity contribution in [1.82, 2.24) is 0 Å². The molecule has 22 heavy (non-hydrogen) atoms. The molecule has 0 bridgehead atoms. The molecule has 0 N–H and O–H groups in total. The number of benzene rings is 1. The fourth-order valence-electron chi connectivity index (χ4n) is 1.73. The number of rotatable bonds is 4. The van der Waals surface area contributed by atoms with Gasteiger partial charge in [0.1, 0.15) is 23.5 Å². The highest BCUT2D eigenvalue weighted by atomic mass is 16.6. The van der Waals surface area contributed by atoms with Crippen LogP contribution < -0.4 is 5.43 Å². The summed E-state index contributed by atoms with van der Waals surface area (Å²) >= 11 is 0. The number of hydrogen-bond acceptors (Lipinski definition) is 7. The second-order valence-electron chi connectivity index (χ2n) is 4.14. The molecule has 0 radical (unpaired) electrons. The first-order chi connectivity index (χ1) is 10.6. The second-order valence-corrected chi connectivity index (χ2v) is 4.14. The molecule has 7 heteroatoms. The van der Waals surface area contributed by atoms with Crippen molar-refractivity contribution in [2.45, 2.75) is 13.0 Å². The molecule has 0 aliphatic carbocycles. The SMILES string of the molecule is CCOC(=O)C(C#N)OC(=O)c1coc2ccccc2c1=O. The number of esters is 2. The van der Waals surface area contributed by atoms with E-state index in [0.29, 0.717) is 5.58 Å². The number of hydrogen-bond donors (Lipinski definition) is 0. The molecule has 1 unspecified atom stereocenters. The molecule has 0 fully saturated rings. The van der Waals surface area contributed by atoms with E-state index in [-0.39, 0.29) is 12.0 Å². The predicted octanol–water partition coefficient (Wildman–Crippen LogP) is 1.41. The van der Waals surface area contributed by atoms with Gasteiger partial charge >= 0.3 is 11.9 Å². The highest BCUT2D eigenvalue weighted by molar-refractivity contribution is 5.94. The van der Waals surface area contributed by atoms with Crippen molar-refractivity contribution in [1.29, 1.82) is 5.26 Å². The third-order valence-electron chi connectivity index (χ3n) is 2.74. The maximum atomic E-state index is 12.2. The number of fused-ring (bicyclic) bond motifs is 1. The second kappa shape index (κ2) is 6.54. The lowest BCUT2D eigenvalue weighted by Crippen LogP contribution is -2.29. The summed E-state index contributed by atoms with van der Waals surface area (Å²) in [6.07, 6.45) is -0.801. The van der Waals surface area contributed by atoms with Gasteiger partial charge in [0.05, 0.1) is 12.0 Å². The van der Waals surface area contributed by atoms with Crippen molar-refractivity contribution in [3.8, 4) is 6.07 Å². The summed E-state index contributed by atoms with van der Waals surface area (Å²) in [6, 6.07) is 7.85. The van der Waals surface area contributed by atoms with E-state index in [2.05, 4.69) is 4.74 Å². The summed E-state index contributed by atoms with van der Waals surface area (Å²) < 4.78 is 14.5. The van der Waals surface area contributed by atoms with Crippen LogP contribution in [0.1, 0.15) is 17.3 Å². The molecule has 0 amide bonds. The van der Waals surface area contributed by atoms with E-state index < -0.39 is 29.0 Å².